The van der Waals surface area contributed by atoms with E-state index in [0.717, 1.165) is 21.9 Å². The number of nitrogens with one attached hydrogen (secondary N) is 2. The van der Waals surface area contributed by atoms with E-state index in [-0.39, 0.29) is 23.8 Å². The lowest BCUT2D eigenvalue weighted by atomic mass is 10.1. The first-order valence-corrected chi connectivity index (χ1v) is 11.4. The first kappa shape index (κ1) is 22.0. The summed E-state index contributed by atoms with van der Waals surface area (Å²) in [7, 11) is -3.67. The molecular formula is C23H26N2O4S. The van der Waals surface area contributed by atoms with Crippen LogP contribution in [0.5, 0.6) is 0 Å². The molecule has 0 aliphatic heterocycles. The molecule has 158 valence electrons. The average Bonchev–Trinajstić information content (AvgIpc) is 2.76. The number of hydrogen-bond donors (Lipinski definition) is 2. The van der Waals surface area contributed by atoms with Gasteiger partial charge in [-0.1, -0.05) is 54.6 Å². The third-order valence-corrected chi connectivity index (χ3v) is 6.12. The second-order valence-corrected chi connectivity index (χ2v) is 8.65. The van der Waals surface area contributed by atoms with Crippen LogP contribution in [0.15, 0.2) is 71.6 Å². The van der Waals surface area contributed by atoms with Crippen molar-refractivity contribution >= 4 is 26.7 Å². The lowest BCUT2D eigenvalue weighted by Gasteiger charge is -2.09. The molecule has 0 heterocycles. The summed E-state index contributed by atoms with van der Waals surface area (Å²) in [6.07, 6.45) is 0.0647. The zero-order chi connectivity index (χ0) is 21.4. The van der Waals surface area contributed by atoms with Crippen molar-refractivity contribution in [2.24, 2.45) is 0 Å². The SMILES string of the molecule is CCOCc1ccc(CNC(=O)CCNS(=O)(=O)c2ccc3ccccc3c2)cc1. The number of fused-ring (bicyclic) bond motifs is 1. The minimum atomic E-state index is -3.67. The Hall–Kier alpha value is -2.74. The lowest BCUT2D eigenvalue weighted by Crippen LogP contribution is -2.30. The molecule has 1 amide bonds. The molecule has 6 nitrogen and oxygen atoms in total. The van der Waals surface area contributed by atoms with Crippen molar-refractivity contribution in [1.82, 2.24) is 10.0 Å². The molecule has 0 fully saturated rings. The highest BCUT2D eigenvalue weighted by Crippen LogP contribution is 2.18. The standard InChI is InChI=1S/C23H26N2O4S/c1-2-29-17-19-9-7-18(8-10-19)16-24-23(26)13-14-25-30(27,28)22-12-11-20-5-3-4-6-21(20)15-22/h3-12,15,25H,2,13-14,16-17H2,1H3,(H,24,26). The summed E-state index contributed by atoms with van der Waals surface area (Å²) in [5.41, 5.74) is 2.05. The molecule has 0 saturated heterocycles. The molecule has 30 heavy (non-hydrogen) atoms. The van der Waals surface area contributed by atoms with Gasteiger partial charge in [0.25, 0.3) is 0 Å². The highest BCUT2D eigenvalue weighted by atomic mass is 32.2. The van der Waals surface area contributed by atoms with Crippen LogP contribution in [0.25, 0.3) is 10.8 Å². The number of carbonyl (C=O) groups is 1. The predicted molar refractivity (Wildman–Crippen MR) is 117 cm³/mol. The van der Waals surface area contributed by atoms with Gasteiger partial charge in [0.2, 0.25) is 15.9 Å². The van der Waals surface area contributed by atoms with Crippen LogP contribution in [0.2, 0.25) is 0 Å². The van der Waals surface area contributed by atoms with E-state index in [0.29, 0.717) is 19.8 Å². The molecule has 7 heteroatoms. The van der Waals surface area contributed by atoms with Crippen molar-refractivity contribution in [3.8, 4) is 0 Å². The van der Waals surface area contributed by atoms with Gasteiger partial charge in [-0.15, -0.1) is 0 Å². The molecule has 3 aromatic carbocycles. The fraction of sp³-hybridized carbons (Fsp3) is 0.261. The molecule has 0 spiro atoms. The molecule has 0 unspecified atom stereocenters. The highest BCUT2D eigenvalue weighted by molar-refractivity contribution is 7.89. The third kappa shape index (κ3) is 6.13. The fourth-order valence-corrected chi connectivity index (χ4v) is 4.05. The maximum Gasteiger partial charge on any atom is 0.240 e. The second kappa shape index (κ2) is 10.3. The van der Waals surface area contributed by atoms with Gasteiger partial charge in [-0.2, -0.15) is 0 Å². The van der Waals surface area contributed by atoms with E-state index in [4.69, 9.17) is 4.74 Å². The summed E-state index contributed by atoms with van der Waals surface area (Å²) in [4.78, 5) is 12.2. The van der Waals surface area contributed by atoms with Crippen molar-refractivity contribution in [2.45, 2.75) is 31.4 Å². The van der Waals surface area contributed by atoms with Crippen LogP contribution in [-0.4, -0.2) is 27.5 Å². The van der Waals surface area contributed by atoms with Crippen LogP contribution < -0.4 is 10.0 Å². The second-order valence-electron chi connectivity index (χ2n) is 6.89. The number of amides is 1. The van der Waals surface area contributed by atoms with E-state index in [1.807, 2.05) is 55.5 Å². The van der Waals surface area contributed by atoms with E-state index in [2.05, 4.69) is 10.0 Å². The minimum absolute atomic E-state index is 0.0360. The van der Waals surface area contributed by atoms with Crippen molar-refractivity contribution in [1.29, 1.82) is 0 Å². The van der Waals surface area contributed by atoms with Gasteiger partial charge < -0.3 is 10.1 Å². The summed E-state index contributed by atoms with van der Waals surface area (Å²) in [5, 5.41) is 4.63. The molecule has 3 aromatic rings. The molecule has 3 rings (SSSR count). The zero-order valence-electron chi connectivity index (χ0n) is 16.9. The largest absolute Gasteiger partial charge is 0.377 e. The van der Waals surface area contributed by atoms with Gasteiger partial charge in [0.1, 0.15) is 0 Å². The van der Waals surface area contributed by atoms with Crippen molar-refractivity contribution in [2.75, 3.05) is 13.2 Å². The lowest BCUT2D eigenvalue weighted by molar-refractivity contribution is -0.121. The Morgan fingerprint density at radius 2 is 1.63 bits per heavy atom. The minimum Gasteiger partial charge on any atom is -0.377 e. The smallest absolute Gasteiger partial charge is 0.240 e. The van der Waals surface area contributed by atoms with Gasteiger partial charge in [0.05, 0.1) is 11.5 Å². The summed E-state index contributed by atoms with van der Waals surface area (Å²) in [6.45, 7) is 3.62. The average molecular weight is 427 g/mol. The predicted octanol–water partition coefficient (Wildman–Crippen LogP) is 3.36. The maximum absolute atomic E-state index is 12.5. The van der Waals surface area contributed by atoms with E-state index in [1.165, 1.54) is 0 Å². The molecule has 2 N–H and O–H groups in total. The monoisotopic (exact) mass is 426 g/mol. The Labute approximate surface area is 177 Å². The summed E-state index contributed by atoms with van der Waals surface area (Å²) in [6, 6.07) is 20.4. The Morgan fingerprint density at radius 3 is 2.37 bits per heavy atom. The van der Waals surface area contributed by atoms with Crippen LogP contribution >= 0.6 is 0 Å². The first-order chi connectivity index (χ1) is 14.5. The highest BCUT2D eigenvalue weighted by Gasteiger charge is 2.14. The van der Waals surface area contributed by atoms with Gasteiger partial charge >= 0.3 is 0 Å². The normalized spacial score (nSPS) is 11.5. The van der Waals surface area contributed by atoms with Gasteiger partial charge in [-0.05, 0) is 41.0 Å². The summed E-state index contributed by atoms with van der Waals surface area (Å²) < 4.78 is 32.8. The Morgan fingerprint density at radius 1 is 0.933 bits per heavy atom. The van der Waals surface area contributed by atoms with Gasteiger partial charge in [-0.3, -0.25) is 4.79 Å². The molecule has 0 radical (unpaired) electrons. The Bertz CT molecular complexity index is 1100. The van der Waals surface area contributed by atoms with E-state index in [1.54, 1.807) is 18.2 Å². The van der Waals surface area contributed by atoms with E-state index in [9.17, 15) is 13.2 Å². The first-order valence-electron chi connectivity index (χ1n) is 9.88. The fourth-order valence-electron chi connectivity index (χ4n) is 2.98. The molecule has 0 atom stereocenters. The van der Waals surface area contributed by atoms with Crippen molar-refractivity contribution in [3.05, 3.63) is 77.9 Å². The maximum atomic E-state index is 12.5. The van der Waals surface area contributed by atoms with Crippen LogP contribution in [0.1, 0.15) is 24.5 Å². The van der Waals surface area contributed by atoms with E-state index < -0.39 is 10.0 Å². The number of hydrogen-bond acceptors (Lipinski definition) is 4. The number of sulfonamides is 1. The molecule has 0 aliphatic carbocycles. The molecular weight excluding hydrogens is 400 g/mol. The number of carbonyl (C=O) groups excluding carboxylic acids is 1. The Balaban J connectivity index is 1.46. The van der Waals surface area contributed by atoms with Crippen molar-refractivity contribution in [3.63, 3.8) is 0 Å². The third-order valence-electron chi connectivity index (χ3n) is 4.66. The van der Waals surface area contributed by atoms with Gasteiger partial charge in [0, 0.05) is 26.1 Å². The van der Waals surface area contributed by atoms with Crippen molar-refractivity contribution < 1.29 is 17.9 Å². The molecule has 0 saturated carbocycles. The van der Waals surface area contributed by atoms with Gasteiger partial charge in [0.15, 0.2) is 0 Å². The number of rotatable bonds is 10. The van der Waals surface area contributed by atoms with Gasteiger partial charge in [-0.25, -0.2) is 13.1 Å². The van der Waals surface area contributed by atoms with Crippen LogP contribution in [0.4, 0.5) is 0 Å². The quantitative estimate of drug-likeness (QED) is 0.521. The summed E-state index contributed by atoms with van der Waals surface area (Å²) in [5.74, 6) is -0.213. The van der Waals surface area contributed by atoms with Crippen LogP contribution in [0.3, 0.4) is 0 Å². The topological polar surface area (TPSA) is 84.5 Å². The van der Waals surface area contributed by atoms with Crippen LogP contribution in [-0.2, 0) is 32.7 Å². The Kier molecular flexibility index (Phi) is 7.57. The molecule has 0 bridgehead atoms. The summed E-state index contributed by atoms with van der Waals surface area (Å²) >= 11 is 0. The van der Waals surface area contributed by atoms with E-state index >= 15 is 0 Å². The zero-order valence-corrected chi connectivity index (χ0v) is 17.7. The number of benzene rings is 3. The molecule has 0 aromatic heterocycles. The number of ether oxygens (including phenoxy) is 1. The van der Waals surface area contributed by atoms with Crippen LogP contribution in [0, 0.1) is 0 Å². The molecule has 0 aliphatic rings.